The zero-order valence-electron chi connectivity index (χ0n) is 11.4. The van der Waals surface area contributed by atoms with E-state index in [1.54, 1.807) is 4.90 Å². The summed E-state index contributed by atoms with van der Waals surface area (Å²) in [4.78, 5) is 14.0. The van der Waals surface area contributed by atoms with Crippen LogP contribution in [0.2, 0.25) is 0 Å². The van der Waals surface area contributed by atoms with Gasteiger partial charge >= 0.3 is 0 Å². The van der Waals surface area contributed by atoms with Crippen LogP contribution in [-0.4, -0.2) is 35.1 Å². The van der Waals surface area contributed by atoms with Gasteiger partial charge in [0, 0.05) is 17.6 Å². The molecule has 4 heteroatoms. The molecule has 104 valence electrons. The highest BCUT2D eigenvalue weighted by molar-refractivity contribution is 9.10. The number of aliphatic hydroxyl groups is 1. The number of amides is 1. The Morgan fingerprint density at radius 1 is 1.47 bits per heavy atom. The van der Waals surface area contributed by atoms with E-state index in [4.69, 9.17) is 0 Å². The van der Waals surface area contributed by atoms with Crippen molar-refractivity contribution in [3.8, 4) is 0 Å². The fourth-order valence-corrected chi connectivity index (χ4v) is 2.70. The van der Waals surface area contributed by atoms with Gasteiger partial charge in [-0.2, -0.15) is 0 Å². The molecule has 1 heterocycles. The van der Waals surface area contributed by atoms with Crippen LogP contribution in [0.1, 0.15) is 25.8 Å². The van der Waals surface area contributed by atoms with Crippen molar-refractivity contribution >= 4 is 21.8 Å². The van der Waals surface area contributed by atoms with Crippen molar-refractivity contribution in [3.05, 3.63) is 34.3 Å². The second-order valence-electron chi connectivity index (χ2n) is 5.86. The van der Waals surface area contributed by atoms with E-state index in [2.05, 4.69) is 15.9 Å². The lowest BCUT2D eigenvalue weighted by molar-refractivity contribution is -0.137. The maximum Gasteiger partial charge on any atom is 0.227 e. The van der Waals surface area contributed by atoms with Crippen LogP contribution in [0, 0.1) is 5.41 Å². The lowest BCUT2D eigenvalue weighted by atomic mass is 9.80. The first-order valence-electron chi connectivity index (χ1n) is 6.59. The largest absolute Gasteiger partial charge is 0.391 e. The van der Waals surface area contributed by atoms with E-state index in [1.165, 1.54) is 0 Å². The van der Waals surface area contributed by atoms with Crippen molar-refractivity contribution in [1.29, 1.82) is 0 Å². The molecule has 1 N–H and O–H groups in total. The SMILES string of the molecule is CC1(C)CCN(C(=O)Cc2ccccc2Br)CC1O. The summed E-state index contributed by atoms with van der Waals surface area (Å²) in [6, 6.07) is 7.76. The molecule has 1 atom stereocenters. The molecule has 0 saturated carbocycles. The Kier molecular flexibility index (Phi) is 4.31. The fourth-order valence-electron chi connectivity index (χ4n) is 2.28. The smallest absolute Gasteiger partial charge is 0.227 e. The highest BCUT2D eigenvalue weighted by atomic mass is 79.9. The number of carbonyl (C=O) groups excluding carboxylic acids is 1. The van der Waals surface area contributed by atoms with Crippen LogP contribution in [0.5, 0.6) is 0 Å². The monoisotopic (exact) mass is 325 g/mol. The minimum atomic E-state index is -0.440. The number of piperidine rings is 1. The molecule has 1 aromatic rings. The topological polar surface area (TPSA) is 40.5 Å². The molecule has 1 saturated heterocycles. The van der Waals surface area contributed by atoms with Gasteiger partial charge < -0.3 is 10.0 Å². The van der Waals surface area contributed by atoms with Crippen LogP contribution < -0.4 is 0 Å². The molecule has 0 aromatic heterocycles. The zero-order chi connectivity index (χ0) is 14.0. The lowest BCUT2D eigenvalue weighted by Gasteiger charge is -2.41. The molecular formula is C15H20BrNO2. The quantitative estimate of drug-likeness (QED) is 0.908. The second-order valence-corrected chi connectivity index (χ2v) is 6.72. The molecule has 1 aromatic carbocycles. The van der Waals surface area contributed by atoms with Gasteiger partial charge in [0.05, 0.1) is 12.5 Å². The Morgan fingerprint density at radius 2 is 2.16 bits per heavy atom. The molecule has 1 amide bonds. The number of carbonyl (C=O) groups is 1. The number of rotatable bonds is 2. The highest BCUT2D eigenvalue weighted by Gasteiger charge is 2.35. The van der Waals surface area contributed by atoms with E-state index in [0.29, 0.717) is 13.0 Å². The number of halogens is 1. The molecule has 0 aliphatic carbocycles. The number of nitrogens with zero attached hydrogens (tertiary/aromatic N) is 1. The summed E-state index contributed by atoms with van der Waals surface area (Å²) in [6.07, 6.45) is 0.786. The Bertz CT molecular complexity index is 473. The maximum atomic E-state index is 12.3. The summed E-state index contributed by atoms with van der Waals surface area (Å²) >= 11 is 3.46. The van der Waals surface area contributed by atoms with Gasteiger partial charge in [0.25, 0.3) is 0 Å². The number of likely N-dealkylation sites (tertiary alicyclic amines) is 1. The van der Waals surface area contributed by atoms with Gasteiger partial charge in [-0.3, -0.25) is 4.79 Å². The maximum absolute atomic E-state index is 12.3. The molecule has 0 spiro atoms. The highest BCUT2D eigenvalue weighted by Crippen LogP contribution is 2.30. The van der Waals surface area contributed by atoms with Gasteiger partial charge in [-0.15, -0.1) is 0 Å². The van der Waals surface area contributed by atoms with Crippen molar-refractivity contribution in [3.63, 3.8) is 0 Å². The lowest BCUT2D eigenvalue weighted by Crippen LogP contribution is -2.50. The van der Waals surface area contributed by atoms with Gasteiger partial charge in [0.15, 0.2) is 0 Å². The summed E-state index contributed by atoms with van der Waals surface area (Å²) in [5.74, 6) is 0.0847. The zero-order valence-corrected chi connectivity index (χ0v) is 13.0. The summed E-state index contributed by atoms with van der Waals surface area (Å²) < 4.78 is 0.959. The minimum absolute atomic E-state index is 0.0847. The third-order valence-electron chi connectivity index (χ3n) is 3.97. The molecule has 1 aliphatic heterocycles. The average Bonchev–Trinajstić information content (AvgIpc) is 2.35. The van der Waals surface area contributed by atoms with E-state index in [9.17, 15) is 9.90 Å². The third-order valence-corrected chi connectivity index (χ3v) is 4.75. The van der Waals surface area contributed by atoms with Crippen molar-refractivity contribution in [2.75, 3.05) is 13.1 Å². The first kappa shape index (κ1) is 14.5. The Labute approximate surface area is 122 Å². The fraction of sp³-hybridized carbons (Fsp3) is 0.533. The number of benzene rings is 1. The van der Waals surface area contributed by atoms with Crippen LogP contribution >= 0.6 is 15.9 Å². The summed E-state index contributed by atoms with van der Waals surface area (Å²) in [6.45, 7) is 5.27. The van der Waals surface area contributed by atoms with Gasteiger partial charge in [0.1, 0.15) is 0 Å². The number of hydrogen-bond donors (Lipinski definition) is 1. The van der Waals surface area contributed by atoms with Crippen LogP contribution in [0.4, 0.5) is 0 Å². The van der Waals surface area contributed by atoms with Crippen molar-refractivity contribution < 1.29 is 9.90 Å². The van der Waals surface area contributed by atoms with E-state index < -0.39 is 6.10 Å². The van der Waals surface area contributed by atoms with Gasteiger partial charge in [0.2, 0.25) is 5.91 Å². The average molecular weight is 326 g/mol. The number of aliphatic hydroxyl groups excluding tert-OH is 1. The summed E-state index contributed by atoms with van der Waals surface area (Å²) in [5.41, 5.74) is 0.899. The van der Waals surface area contributed by atoms with Crippen LogP contribution in [0.3, 0.4) is 0 Å². The molecule has 19 heavy (non-hydrogen) atoms. The first-order chi connectivity index (χ1) is 8.90. The van der Waals surface area contributed by atoms with Crippen molar-refractivity contribution in [2.24, 2.45) is 5.41 Å². The molecule has 3 nitrogen and oxygen atoms in total. The van der Waals surface area contributed by atoms with Gasteiger partial charge in [-0.25, -0.2) is 0 Å². The van der Waals surface area contributed by atoms with E-state index in [-0.39, 0.29) is 11.3 Å². The van der Waals surface area contributed by atoms with Gasteiger partial charge in [-0.1, -0.05) is 48.0 Å². The van der Waals surface area contributed by atoms with E-state index in [1.807, 2.05) is 38.1 Å². The Balaban J connectivity index is 2.00. The standard InChI is InChI=1S/C15H20BrNO2/c1-15(2)7-8-17(10-13(15)18)14(19)9-11-5-3-4-6-12(11)16/h3-6,13,18H,7-10H2,1-2H3. The predicted molar refractivity (Wildman–Crippen MR) is 78.8 cm³/mol. The molecule has 0 bridgehead atoms. The summed E-state index contributed by atoms with van der Waals surface area (Å²) in [5, 5.41) is 10.1. The molecule has 0 radical (unpaired) electrons. The van der Waals surface area contributed by atoms with Crippen molar-refractivity contribution in [2.45, 2.75) is 32.8 Å². The van der Waals surface area contributed by atoms with Crippen molar-refractivity contribution in [1.82, 2.24) is 4.90 Å². The number of hydrogen-bond acceptors (Lipinski definition) is 2. The van der Waals surface area contributed by atoms with Crippen LogP contribution in [0.25, 0.3) is 0 Å². The van der Waals surface area contributed by atoms with Crippen LogP contribution in [-0.2, 0) is 11.2 Å². The predicted octanol–water partition coefficient (Wildman–Crippen LogP) is 2.61. The second kappa shape index (κ2) is 5.63. The first-order valence-corrected chi connectivity index (χ1v) is 7.39. The molecule has 1 aliphatic rings. The Hall–Kier alpha value is -0.870. The molecule has 2 rings (SSSR count). The molecular weight excluding hydrogens is 306 g/mol. The number of β-amino-alcohol motifs (C(OH)–C–C–N with tert-alkyl or cyclic N) is 1. The summed E-state index contributed by atoms with van der Waals surface area (Å²) in [7, 11) is 0. The normalized spacial score (nSPS) is 22.3. The minimum Gasteiger partial charge on any atom is -0.391 e. The Morgan fingerprint density at radius 3 is 2.79 bits per heavy atom. The van der Waals surface area contributed by atoms with Gasteiger partial charge in [-0.05, 0) is 23.5 Å². The van der Waals surface area contributed by atoms with Crippen LogP contribution in [0.15, 0.2) is 28.7 Å². The third kappa shape index (κ3) is 3.37. The molecule has 1 unspecified atom stereocenters. The van der Waals surface area contributed by atoms with E-state index in [0.717, 1.165) is 23.0 Å². The molecule has 1 fully saturated rings. The van der Waals surface area contributed by atoms with E-state index >= 15 is 0 Å².